The topological polar surface area (TPSA) is 38.7 Å². The Bertz CT molecular complexity index is 807. The van der Waals surface area contributed by atoms with Gasteiger partial charge in [-0.05, 0) is 55.7 Å². The maximum Gasteiger partial charge on any atom is 0.573 e. The van der Waals surface area contributed by atoms with Crippen LogP contribution in [0.3, 0.4) is 0 Å². The van der Waals surface area contributed by atoms with E-state index in [1.165, 1.54) is 30.0 Å². The van der Waals surface area contributed by atoms with Gasteiger partial charge in [0.1, 0.15) is 5.75 Å². The minimum Gasteiger partial charge on any atom is -0.405 e. The molecule has 2 aromatic rings. The minimum absolute atomic E-state index is 0.0789. The monoisotopic (exact) mass is 395 g/mol. The van der Waals surface area contributed by atoms with E-state index in [9.17, 15) is 18.0 Å². The van der Waals surface area contributed by atoms with Crippen LogP contribution in [-0.2, 0) is 0 Å². The number of Topliss-reactive ketones (excluding diaryl/α,β-unsaturated/α-hetero) is 1. The molecule has 0 N–H and O–H groups in total. The van der Waals surface area contributed by atoms with Crippen molar-refractivity contribution in [1.29, 1.82) is 0 Å². The number of allylic oxidation sites excluding steroid dienone is 3. The number of aliphatic imine (C=N–C) groups is 1. The molecule has 0 amide bonds. The van der Waals surface area contributed by atoms with Gasteiger partial charge in [-0.15, -0.1) is 24.5 Å². The molecule has 3 nitrogen and oxygen atoms in total. The van der Waals surface area contributed by atoms with Crippen LogP contribution < -0.4 is 4.74 Å². The van der Waals surface area contributed by atoms with Gasteiger partial charge in [0, 0.05) is 11.9 Å². The number of para-hydroxylation sites is 1. The van der Waals surface area contributed by atoms with Crippen LogP contribution in [0.25, 0.3) is 6.08 Å². The second-order valence-corrected chi connectivity index (χ2v) is 6.08. The molecule has 1 aromatic carbocycles. The van der Waals surface area contributed by atoms with E-state index in [-0.39, 0.29) is 5.56 Å². The summed E-state index contributed by atoms with van der Waals surface area (Å²) >= 11 is 1.73. The summed E-state index contributed by atoms with van der Waals surface area (Å²) in [6.07, 6.45) is 3.30. The third kappa shape index (κ3) is 9.01. The lowest BCUT2D eigenvalue weighted by Crippen LogP contribution is -2.18. The first-order valence-corrected chi connectivity index (χ1v) is 8.81. The van der Waals surface area contributed by atoms with Crippen molar-refractivity contribution >= 4 is 28.9 Å². The third-order valence-corrected chi connectivity index (χ3v) is 3.89. The molecule has 0 fully saturated rings. The number of hydrogen-bond donors (Lipinski definition) is 0. The van der Waals surface area contributed by atoms with Crippen molar-refractivity contribution in [3.8, 4) is 5.75 Å². The summed E-state index contributed by atoms with van der Waals surface area (Å²) in [7, 11) is 1.80. The van der Waals surface area contributed by atoms with Crippen molar-refractivity contribution < 1.29 is 22.7 Å². The molecule has 144 valence electrons. The largest absolute Gasteiger partial charge is 0.573 e. The highest BCUT2D eigenvalue weighted by atomic mass is 32.1. The average Bonchev–Trinajstić information content (AvgIpc) is 3.11. The summed E-state index contributed by atoms with van der Waals surface area (Å²) < 4.78 is 39.2. The average molecular weight is 395 g/mol. The fraction of sp³-hybridized carbons (Fsp3) is 0.200. The SMILES string of the molecule is C/C=C\C(/C=C/c1cccs1)=NC.CC(=O)c1ccccc1OC(F)(F)F. The molecule has 0 saturated carbocycles. The molecule has 0 atom stereocenters. The summed E-state index contributed by atoms with van der Waals surface area (Å²) in [6.45, 7) is 3.17. The normalized spacial score (nSPS) is 12.1. The zero-order valence-electron chi connectivity index (χ0n) is 15.2. The fourth-order valence-electron chi connectivity index (χ4n) is 1.90. The fourth-order valence-corrected chi connectivity index (χ4v) is 2.52. The number of ether oxygens (including phenoxy) is 1. The standard InChI is InChI=1S/C11H13NS.C9H7F3O2/c1-3-5-10(12-2)7-8-11-6-4-9-13-11;1-6(13)7-4-2-3-5-8(7)14-9(10,11)12/h3-9H,1-2H3;2-5H,1H3/b5-3-,8-7+,12-10?;. The van der Waals surface area contributed by atoms with Crippen molar-refractivity contribution in [2.75, 3.05) is 7.05 Å². The summed E-state index contributed by atoms with van der Waals surface area (Å²) in [5, 5.41) is 2.07. The second kappa shape index (κ2) is 11.1. The van der Waals surface area contributed by atoms with Crippen molar-refractivity contribution in [3.63, 3.8) is 0 Å². The lowest BCUT2D eigenvalue weighted by Gasteiger charge is -2.10. The molecule has 0 aliphatic heterocycles. The predicted molar refractivity (Wildman–Crippen MR) is 105 cm³/mol. The highest BCUT2D eigenvalue weighted by Crippen LogP contribution is 2.26. The van der Waals surface area contributed by atoms with Crippen LogP contribution in [0.4, 0.5) is 13.2 Å². The number of benzene rings is 1. The molecule has 0 bridgehead atoms. The number of carbonyl (C=O) groups is 1. The molecule has 27 heavy (non-hydrogen) atoms. The highest BCUT2D eigenvalue weighted by molar-refractivity contribution is 7.10. The Morgan fingerprint density at radius 2 is 1.85 bits per heavy atom. The van der Waals surface area contributed by atoms with Crippen LogP contribution in [-0.4, -0.2) is 24.9 Å². The van der Waals surface area contributed by atoms with Crippen LogP contribution in [0.2, 0.25) is 0 Å². The van der Waals surface area contributed by atoms with E-state index in [4.69, 9.17) is 0 Å². The Hall–Kier alpha value is -2.67. The van der Waals surface area contributed by atoms with E-state index in [1.54, 1.807) is 18.4 Å². The van der Waals surface area contributed by atoms with Crippen LogP contribution in [0.1, 0.15) is 29.1 Å². The number of thiophene rings is 1. The van der Waals surface area contributed by atoms with Gasteiger partial charge >= 0.3 is 6.36 Å². The van der Waals surface area contributed by atoms with Gasteiger partial charge < -0.3 is 4.74 Å². The van der Waals surface area contributed by atoms with E-state index in [1.807, 2.05) is 31.2 Å². The highest BCUT2D eigenvalue weighted by Gasteiger charge is 2.32. The Labute approximate surface area is 160 Å². The molecule has 0 aliphatic carbocycles. The molecule has 0 unspecified atom stereocenters. The van der Waals surface area contributed by atoms with E-state index in [0.29, 0.717) is 0 Å². The number of ketones is 1. The molecule has 0 radical (unpaired) electrons. The van der Waals surface area contributed by atoms with E-state index < -0.39 is 17.9 Å². The molecule has 2 rings (SSSR count). The first-order chi connectivity index (χ1) is 12.8. The maximum atomic E-state index is 11.9. The maximum absolute atomic E-state index is 11.9. The molecule has 7 heteroatoms. The predicted octanol–water partition coefficient (Wildman–Crippen LogP) is 6.20. The van der Waals surface area contributed by atoms with Crippen molar-refractivity contribution in [2.45, 2.75) is 20.2 Å². The molecule has 0 spiro atoms. The minimum atomic E-state index is -4.77. The van der Waals surface area contributed by atoms with Gasteiger partial charge in [0.2, 0.25) is 0 Å². The number of hydrogen-bond acceptors (Lipinski definition) is 4. The number of halogens is 3. The first kappa shape index (κ1) is 22.4. The Morgan fingerprint density at radius 3 is 2.37 bits per heavy atom. The van der Waals surface area contributed by atoms with Gasteiger partial charge in [0.05, 0.1) is 11.3 Å². The molecule has 0 saturated heterocycles. The molecule has 1 heterocycles. The summed E-state index contributed by atoms with van der Waals surface area (Å²) in [5.41, 5.74) is 0.917. The number of alkyl halides is 3. The van der Waals surface area contributed by atoms with E-state index in [2.05, 4.69) is 27.3 Å². The second-order valence-electron chi connectivity index (χ2n) is 5.10. The molecular weight excluding hydrogens is 375 g/mol. The zero-order valence-corrected chi connectivity index (χ0v) is 16.0. The summed E-state index contributed by atoms with van der Waals surface area (Å²) in [5.74, 6) is -0.933. The van der Waals surface area contributed by atoms with Gasteiger partial charge in [0.25, 0.3) is 0 Å². The smallest absolute Gasteiger partial charge is 0.405 e. The Morgan fingerprint density at radius 1 is 1.15 bits per heavy atom. The number of nitrogens with zero attached hydrogens (tertiary/aromatic N) is 1. The van der Waals surface area contributed by atoms with Crippen molar-refractivity contribution in [2.24, 2.45) is 4.99 Å². The lowest BCUT2D eigenvalue weighted by molar-refractivity contribution is -0.274. The third-order valence-electron chi connectivity index (χ3n) is 3.05. The summed E-state index contributed by atoms with van der Waals surface area (Å²) in [4.78, 5) is 16.3. The summed E-state index contributed by atoms with van der Waals surface area (Å²) in [6, 6.07) is 9.36. The van der Waals surface area contributed by atoms with E-state index >= 15 is 0 Å². The quantitative estimate of drug-likeness (QED) is 0.447. The van der Waals surface area contributed by atoms with Crippen LogP contribution in [0, 0.1) is 0 Å². The van der Waals surface area contributed by atoms with Crippen molar-refractivity contribution in [3.05, 3.63) is 70.4 Å². The van der Waals surface area contributed by atoms with E-state index in [0.717, 1.165) is 11.8 Å². The molecule has 0 aliphatic rings. The first-order valence-electron chi connectivity index (χ1n) is 7.93. The van der Waals surface area contributed by atoms with Crippen LogP contribution in [0.5, 0.6) is 5.75 Å². The van der Waals surface area contributed by atoms with Crippen LogP contribution >= 0.6 is 11.3 Å². The zero-order chi connectivity index (χ0) is 20.3. The van der Waals surface area contributed by atoms with Gasteiger partial charge in [-0.1, -0.05) is 24.3 Å². The lowest BCUT2D eigenvalue weighted by atomic mass is 10.1. The Balaban J connectivity index is 0.000000271. The van der Waals surface area contributed by atoms with Gasteiger partial charge in [0.15, 0.2) is 5.78 Å². The van der Waals surface area contributed by atoms with Gasteiger partial charge in [-0.3, -0.25) is 9.79 Å². The van der Waals surface area contributed by atoms with Gasteiger partial charge in [-0.2, -0.15) is 0 Å². The number of rotatable bonds is 5. The van der Waals surface area contributed by atoms with Crippen LogP contribution in [0.15, 0.2) is 65.0 Å². The Kier molecular flexibility index (Phi) is 9.22. The molecular formula is C20H20F3NO2S. The number of carbonyl (C=O) groups excluding carboxylic acids is 1. The van der Waals surface area contributed by atoms with Gasteiger partial charge in [-0.25, -0.2) is 0 Å². The van der Waals surface area contributed by atoms with Crippen molar-refractivity contribution in [1.82, 2.24) is 0 Å². The molecule has 1 aromatic heterocycles.